The maximum atomic E-state index is 12.2. The van der Waals surface area contributed by atoms with Crippen molar-refractivity contribution < 1.29 is 9.59 Å². The number of benzene rings is 2. The summed E-state index contributed by atoms with van der Waals surface area (Å²) in [6.45, 7) is 0.790. The van der Waals surface area contributed by atoms with Gasteiger partial charge in [0.1, 0.15) is 0 Å². The van der Waals surface area contributed by atoms with Crippen molar-refractivity contribution in [2.24, 2.45) is 7.05 Å². The van der Waals surface area contributed by atoms with Crippen LogP contribution in [0.2, 0.25) is 0 Å². The highest BCUT2D eigenvalue weighted by molar-refractivity contribution is 7.99. The number of carbonyl (C=O) groups is 2. The first kappa shape index (κ1) is 21.4. The number of hydrogen-bond acceptors (Lipinski definition) is 4. The van der Waals surface area contributed by atoms with Crippen LogP contribution in [-0.2, 0) is 18.4 Å². The molecule has 3 aromatic rings. The minimum atomic E-state index is -0.206. The van der Waals surface area contributed by atoms with E-state index >= 15 is 0 Å². The summed E-state index contributed by atoms with van der Waals surface area (Å²) >= 11 is 1.56. The van der Waals surface area contributed by atoms with Crippen LogP contribution in [0.4, 0.5) is 10.5 Å². The molecule has 3 amide bonds. The van der Waals surface area contributed by atoms with E-state index in [1.807, 2.05) is 72.4 Å². The lowest BCUT2D eigenvalue weighted by Crippen LogP contribution is -2.38. The topological polar surface area (TPSA) is 79.3 Å². The molecule has 0 bridgehead atoms. The molecule has 0 saturated carbocycles. The second-order valence-electron chi connectivity index (χ2n) is 6.82. The fraction of sp³-hybridized carbons (Fsp3) is 0.227. The number of hydrogen-bond donors (Lipinski definition) is 2. The first-order valence-electron chi connectivity index (χ1n) is 9.59. The molecule has 0 radical (unpaired) electrons. The molecular weight excluding hydrogens is 398 g/mol. The van der Waals surface area contributed by atoms with Crippen LogP contribution in [0.3, 0.4) is 0 Å². The van der Waals surface area contributed by atoms with Crippen molar-refractivity contribution in [3.8, 4) is 0 Å². The molecule has 0 atom stereocenters. The molecule has 0 spiro atoms. The molecule has 2 N–H and O–H groups in total. The van der Waals surface area contributed by atoms with Gasteiger partial charge in [-0.3, -0.25) is 4.79 Å². The molecule has 0 aliphatic rings. The van der Waals surface area contributed by atoms with Crippen LogP contribution in [0.5, 0.6) is 0 Å². The average Bonchev–Trinajstić information content (AvgIpc) is 3.14. The van der Waals surface area contributed by atoms with Crippen LogP contribution in [0.15, 0.2) is 77.0 Å². The van der Waals surface area contributed by atoms with Gasteiger partial charge in [-0.05, 0) is 29.8 Å². The van der Waals surface area contributed by atoms with Crippen molar-refractivity contribution in [1.29, 1.82) is 0 Å². The molecule has 30 heavy (non-hydrogen) atoms. The van der Waals surface area contributed by atoms with Crippen LogP contribution in [-0.4, -0.2) is 40.0 Å². The number of nitrogens with zero attached hydrogens (tertiary/aromatic N) is 3. The summed E-state index contributed by atoms with van der Waals surface area (Å²) in [4.78, 5) is 31.2. The molecule has 0 aliphatic carbocycles. The normalized spacial score (nSPS) is 10.5. The second kappa shape index (κ2) is 10.5. The number of aryl methyl sites for hydroxylation is 1. The molecule has 1 heterocycles. The minimum absolute atomic E-state index is 0.148. The van der Waals surface area contributed by atoms with Crippen molar-refractivity contribution in [2.75, 3.05) is 18.9 Å². The van der Waals surface area contributed by atoms with Crippen molar-refractivity contribution in [3.05, 3.63) is 72.6 Å². The molecule has 8 heteroatoms. The van der Waals surface area contributed by atoms with E-state index in [2.05, 4.69) is 15.6 Å². The lowest BCUT2D eigenvalue weighted by Gasteiger charge is -2.18. The third-order valence-corrected chi connectivity index (χ3v) is 5.45. The highest BCUT2D eigenvalue weighted by Gasteiger charge is 2.10. The lowest BCUT2D eigenvalue weighted by molar-refractivity contribution is -0.116. The summed E-state index contributed by atoms with van der Waals surface area (Å²) in [6.07, 6.45) is 3.86. The summed E-state index contributed by atoms with van der Waals surface area (Å²) in [5.74, 6) is -0.148. The van der Waals surface area contributed by atoms with Crippen molar-refractivity contribution >= 4 is 29.4 Å². The summed E-state index contributed by atoms with van der Waals surface area (Å²) in [6, 6.07) is 17.1. The summed E-state index contributed by atoms with van der Waals surface area (Å²) in [7, 11) is 3.68. The minimum Gasteiger partial charge on any atom is -0.337 e. The van der Waals surface area contributed by atoms with Gasteiger partial charge in [0.2, 0.25) is 5.91 Å². The van der Waals surface area contributed by atoms with Crippen LogP contribution < -0.4 is 10.6 Å². The molecule has 1 aromatic heterocycles. The number of anilines is 1. The van der Waals surface area contributed by atoms with E-state index in [9.17, 15) is 9.59 Å². The summed E-state index contributed by atoms with van der Waals surface area (Å²) < 4.78 is 1.95. The Morgan fingerprint density at radius 3 is 2.50 bits per heavy atom. The quantitative estimate of drug-likeness (QED) is 0.578. The maximum absolute atomic E-state index is 12.2. The predicted molar refractivity (Wildman–Crippen MR) is 118 cm³/mol. The van der Waals surface area contributed by atoms with Gasteiger partial charge in [-0.15, -0.1) is 0 Å². The fourth-order valence-electron chi connectivity index (χ4n) is 2.73. The molecule has 156 valence electrons. The Morgan fingerprint density at radius 2 is 1.83 bits per heavy atom. The predicted octanol–water partition coefficient (Wildman–Crippen LogP) is 3.74. The molecule has 0 unspecified atom stereocenters. The zero-order valence-corrected chi connectivity index (χ0v) is 17.9. The first-order valence-corrected chi connectivity index (χ1v) is 10.4. The van der Waals surface area contributed by atoms with E-state index in [0.717, 1.165) is 21.3 Å². The summed E-state index contributed by atoms with van der Waals surface area (Å²) in [5, 5.41) is 6.52. The van der Waals surface area contributed by atoms with Crippen molar-refractivity contribution in [3.63, 3.8) is 0 Å². The number of nitrogens with one attached hydrogen (secondary N) is 2. The van der Waals surface area contributed by atoms with E-state index in [0.29, 0.717) is 6.54 Å². The Hall–Kier alpha value is -3.26. The van der Waals surface area contributed by atoms with E-state index < -0.39 is 0 Å². The van der Waals surface area contributed by atoms with Crippen LogP contribution in [0.1, 0.15) is 12.0 Å². The third kappa shape index (κ3) is 6.38. The van der Waals surface area contributed by atoms with Crippen molar-refractivity contribution in [1.82, 2.24) is 19.8 Å². The molecule has 0 saturated heterocycles. The van der Waals surface area contributed by atoms with E-state index in [1.54, 1.807) is 29.9 Å². The molecular formula is C22H25N5O2S. The molecule has 7 nitrogen and oxygen atoms in total. The Morgan fingerprint density at radius 1 is 1.10 bits per heavy atom. The Balaban J connectivity index is 1.39. The number of imidazole rings is 1. The van der Waals surface area contributed by atoms with Crippen LogP contribution in [0, 0.1) is 0 Å². The zero-order valence-electron chi connectivity index (χ0n) is 17.0. The maximum Gasteiger partial charge on any atom is 0.317 e. The van der Waals surface area contributed by atoms with Gasteiger partial charge in [0.15, 0.2) is 5.16 Å². The number of rotatable bonds is 8. The Labute approximate surface area is 180 Å². The smallest absolute Gasteiger partial charge is 0.317 e. The highest BCUT2D eigenvalue weighted by atomic mass is 32.2. The molecule has 0 fully saturated rings. The van der Waals surface area contributed by atoms with Gasteiger partial charge in [-0.1, -0.05) is 42.1 Å². The van der Waals surface area contributed by atoms with E-state index in [4.69, 9.17) is 0 Å². The van der Waals surface area contributed by atoms with E-state index in [1.165, 1.54) is 0 Å². The first-order chi connectivity index (χ1) is 14.5. The highest BCUT2D eigenvalue weighted by Crippen LogP contribution is 2.26. The van der Waals surface area contributed by atoms with Crippen molar-refractivity contribution in [2.45, 2.75) is 23.0 Å². The SMILES string of the molecule is CN(Cc1ccccc1)C(=O)NCCC(=O)Nc1ccc(Sc2nccn2C)cc1. The van der Waals surface area contributed by atoms with Crippen LogP contribution >= 0.6 is 11.8 Å². The van der Waals surface area contributed by atoms with Crippen LogP contribution in [0.25, 0.3) is 0 Å². The van der Waals surface area contributed by atoms with E-state index in [-0.39, 0.29) is 24.9 Å². The van der Waals surface area contributed by atoms with Gasteiger partial charge in [-0.2, -0.15) is 0 Å². The number of urea groups is 1. The number of aromatic nitrogens is 2. The largest absolute Gasteiger partial charge is 0.337 e. The second-order valence-corrected chi connectivity index (χ2v) is 7.86. The Kier molecular flexibility index (Phi) is 7.51. The monoisotopic (exact) mass is 423 g/mol. The zero-order chi connectivity index (χ0) is 21.3. The van der Waals surface area contributed by atoms with Gasteiger partial charge in [0, 0.05) is 56.6 Å². The van der Waals surface area contributed by atoms with Gasteiger partial charge in [0.05, 0.1) is 0 Å². The standard InChI is InChI=1S/C22H25N5O2S/c1-26-15-14-24-22(26)30-19-10-8-18(9-11-19)25-20(28)12-13-23-21(29)27(2)16-17-6-4-3-5-7-17/h3-11,14-15H,12-13,16H2,1-2H3,(H,23,29)(H,25,28). The van der Waals surface area contributed by atoms with Gasteiger partial charge < -0.3 is 20.1 Å². The number of amides is 3. The fourth-order valence-corrected chi connectivity index (χ4v) is 3.53. The summed E-state index contributed by atoms with van der Waals surface area (Å²) in [5.41, 5.74) is 1.77. The third-order valence-electron chi connectivity index (χ3n) is 4.36. The van der Waals surface area contributed by atoms with Gasteiger partial charge in [0.25, 0.3) is 0 Å². The van der Waals surface area contributed by atoms with Gasteiger partial charge >= 0.3 is 6.03 Å². The Bertz CT molecular complexity index is 973. The lowest BCUT2D eigenvalue weighted by atomic mass is 10.2. The molecule has 3 rings (SSSR count). The molecule has 0 aliphatic heterocycles. The average molecular weight is 424 g/mol. The molecule has 2 aromatic carbocycles. The van der Waals surface area contributed by atoms with Gasteiger partial charge in [-0.25, -0.2) is 9.78 Å². The number of carbonyl (C=O) groups excluding carboxylic acids is 2.